The quantitative estimate of drug-likeness (QED) is 0.819. The van der Waals surface area contributed by atoms with Crippen molar-refractivity contribution in [3.63, 3.8) is 0 Å². The van der Waals surface area contributed by atoms with E-state index in [4.69, 9.17) is 18.0 Å². The van der Waals surface area contributed by atoms with Crippen molar-refractivity contribution in [2.75, 3.05) is 18.0 Å². The van der Waals surface area contributed by atoms with E-state index < -0.39 is 5.60 Å². The molecule has 1 aliphatic rings. The zero-order chi connectivity index (χ0) is 13.3. The highest BCUT2D eigenvalue weighted by Crippen LogP contribution is 2.30. The second kappa shape index (κ2) is 5.15. The van der Waals surface area contributed by atoms with Gasteiger partial charge >= 0.3 is 0 Å². The Morgan fingerprint density at radius 3 is 2.89 bits per heavy atom. The predicted molar refractivity (Wildman–Crippen MR) is 82.1 cm³/mol. The summed E-state index contributed by atoms with van der Waals surface area (Å²) in [7, 11) is 0. The van der Waals surface area contributed by atoms with Gasteiger partial charge in [-0.2, -0.15) is 0 Å². The summed E-state index contributed by atoms with van der Waals surface area (Å²) in [4.78, 5) is 2.54. The summed E-state index contributed by atoms with van der Waals surface area (Å²) < 4.78 is 0.956. The fourth-order valence-electron chi connectivity index (χ4n) is 2.41. The topological polar surface area (TPSA) is 49.5 Å². The largest absolute Gasteiger partial charge is 0.389 e. The van der Waals surface area contributed by atoms with Crippen molar-refractivity contribution in [3.8, 4) is 0 Å². The molecule has 18 heavy (non-hydrogen) atoms. The van der Waals surface area contributed by atoms with Gasteiger partial charge in [0.25, 0.3) is 0 Å². The van der Waals surface area contributed by atoms with Crippen LogP contribution in [0.3, 0.4) is 0 Å². The lowest BCUT2D eigenvalue weighted by atomic mass is 9.94. The van der Waals surface area contributed by atoms with E-state index in [9.17, 15) is 5.11 Å². The van der Waals surface area contributed by atoms with Crippen LogP contribution >= 0.6 is 28.1 Å². The minimum absolute atomic E-state index is 0.386. The van der Waals surface area contributed by atoms with Crippen molar-refractivity contribution in [2.24, 2.45) is 5.73 Å². The number of β-amino-alcohol motifs (C(OH)–C–C–N with tert-alkyl or cyclic N) is 1. The number of nitrogens with two attached hydrogens (primary N) is 1. The summed E-state index contributed by atoms with van der Waals surface area (Å²) in [5.74, 6) is 0. The third-order valence-electron chi connectivity index (χ3n) is 3.24. The van der Waals surface area contributed by atoms with Gasteiger partial charge in [-0.25, -0.2) is 0 Å². The monoisotopic (exact) mass is 328 g/mol. The number of hydrogen-bond donors (Lipinski definition) is 2. The molecule has 1 heterocycles. The molecule has 1 saturated heterocycles. The number of nitrogens with zero attached hydrogens (tertiary/aromatic N) is 1. The van der Waals surface area contributed by atoms with E-state index in [1.807, 2.05) is 25.1 Å². The minimum Gasteiger partial charge on any atom is -0.389 e. The van der Waals surface area contributed by atoms with Crippen LogP contribution in [0.1, 0.15) is 25.3 Å². The van der Waals surface area contributed by atoms with E-state index in [1.165, 1.54) is 0 Å². The summed E-state index contributed by atoms with van der Waals surface area (Å²) >= 11 is 8.53. The first-order valence-electron chi connectivity index (χ1n) is 5.96. The van der Waals surface area contributed by atoms with Crippen LogP contribution in [0.5, 0.6) is 0 Å². The van der Waals surface area contributed by atoms with Crippen LogP contribution in [0.15, 0.2) is 22.7 Å². The van der Waals surface area contributed by atoms with Crippen LogP contribution in [0.25, 0.3) is 0 Å². The smallest absolute Gasteiger partial charge is 0.106 e. The average Bonchev–Trinajstić information content (AvgIpc) is 2.27. The molecule has 0 aromatic heterocycles. The molecular formula is C13H17BrN2OS. The molecule has 1 atom stereocenters. The maximum absolute atomic E-state index is 10.2. The van der Waals surface area contributed by atoms with Crippen LogP contribution < -0.4 is 10.6 Å². The number of halogens is 1. The molecule has 0 saturated carbocycles. The maximum Gasteiger partial charge on any atom is 0.106 e. The standard InChI is InChI=1S/C13H17BrN2OS/c1-13(17)5-2-6-16(8-13)11-4-3-9(14)7-10(11)12(15)18/h3-4,7,17H,2,5-6,8H2,1H3,(H2,15,18). The third-order valence-corrected chi connectivity index (χ3v) is 3.95. The van der Waals surface area contributed by atoms with E-state index in [1.54, 1.807) is 0 Å². The molecule has 0 spiro atoms. The Morgan fingerprint density at radius 2 is 2.28 bits per heavy atom. The zero-order valence-corrected chi connectivity index (χ0v) is 12.7. The molecule has 1 aliphatic heterocycles. The number of hydrogen-bond acceptors (Lipinski definition) is 3. The number of thiocarbonyl (C=S) groups is 1. The highest BCUT2D eigenvalue weighted by molar-refractivity contribution is 9.10. The average molecular weight is 329 g/mol. The van der Waals surface area contributed by atoms with E-state index >= 15 is 0 Å². The van der Waals surface area contributed by atoms with Gasteiger partial charge in [-0.1, -0.05) is 28.1 Å². The Morgan fingerprint density at radius 1 is 1.56 bits per heavy atom. The van der Waals surface area contributed by atoms with Crippen LogP contribution in [0.2, 0.25) is 0 Å². The second-order valence-corrected chi connectivity index (χ2v) is 6.40. The molecule has 1 fully saturated rings. The van der Waals surface area contributed by atoms with Crippen LogP contribution in [-0.2, 0) is 0 Å². The molecule has 3 nitrogen and oxygen atoms in total. The Labute approximate surface area is 121 Å². The van der Waals surface area contributed by atoms with Crippen LogP contribution in [-0.4, -0.2) is 28.8 Å². The van der Waals surface area contributed by atoms with Gasteiger partial charge < -0.3 is 15.7 Å². The molecule has 0 bridgehead atoms. The highest BCUT2D eigenvalue weighted by Gasteiger charge is 2.29. The molecule has 0 radical (unpaired) electrons. The third kappa shape index (κ3) is 3.02. The summed E-state index contributed by atoms with van der Waals surface area (Å²) in [6.07, 6.45) is 1.81. The lowest BCUT2D eigenvalue weighted by Crippen LogP contribution is -2.46. The van der Waals surface area contributed by atoms with E-state index in [2.05, 4.69) is 20.8 Å². The van der Waals surface area contributed by atoms with Crippen molar-refractivity contribution in [1.29, 1.82) is 0 Å². The Bertz CT molecular complexity index is 476. The fourth-order valence-corrected chi connectivity index (χ4v) is 2.93. The molecule has 5 heteroatoms. The summed E-state index contributed by atoms with van der Waals surface area (Å²) in [6, 6.07) is 5.90. The van der Waals surface area contributed by atoms with Gasteiger partial charge in [-0.15, -0.1) is 0 Å². The number of rotatable bonds is 2. The Balaban J connectivity index is 2.35. The summed E-state index contributed by atoms with van der Waals surface area (Å²) in [5.41, 5.74) is 7.00. The Hall–Kier alpha value is -0.650. The van der Waals surface area contributed by atoms with Crippen molar-refractivity contribution in [3.05, 3.63) is 28.2 Å². The number of piperidine rings is 1. The van der Waals surface area contributed by atoms with E-state index in [-0.39, 0.29) is 0 Å². The first-order chi connectivity index (χ1) is 8.39. The first kappa shape index (κ1) is 13.8. The lowest BCUT2D eigenvalue weighted by Gasteiger charge is -2.39. The van der Waals surface area contributed by atoms with Gasteiger partial charge in [-0.05, 0) is 38.0 Å². The summed E-state index contributed by atoms with van der Waals surface area (Å²) in [6.45, 7) is 3.41. The van der Waals surface area contributed by atoms with Gasteiger partial charge in [0.2, 0.25) is 0 Å². The van der Waals surface area contributed by atoms with Crippen molar-refractivity contribution in [2.45, 2.75) is 25.4 Å². The SMILES string of the molecule is CC1(O)CCCN(c2ccc(Br)cc2C(N)=S)C1. The fraction of sp³-hybridized carbons (Fsp3) is 0.462. The molecule has 1 aromatic rings. The minimum atomic E-state index is -0.640. The van der Waals surface area contributed by atoms with Gasteiger partial charge in [0, 0.05) is 28.8 Å². The normalized spacial score (nSPS) is 24.1. The van der Waals surface area contributed by atoms with Crippen LogP contribution in [0.4, 0.5) is 5.69 Å². The van der Waals surface area contributed by atoms with Crippen molar-refractivity contribution >= 4 is 38.8 Å². The van der Waals surface area contributed by atoms with Gasteiger partial charge in [0.05, 0.1) is 5.60 Å². The molecule has 98 valence electrons. The molecule has 1 unspecified atom stereocenters. The van der Waals surface area contributed by atoms with E-state index in [0.717, 1.165) is 35.1 Å². The molecule has 0 aliphatic carbocycles. The van der Waals surface area contributed by atoms with E-state index in [0.29, 0.717) is 11.5 Å². The second-order valence-electron chi connectivity index (χ2n) is 5.05. The van der Waals surface area contributed by atoms with Gasteiger partial charge in [0.15, 0.2) is 0 Å². The van der Waals surface area contributed by atoms with Crippen molar-refractivity contribution in [1.82, 2.24) is 0 Å². The predicted octanol–water partition coefficient (Wildman–Crippen LogP) is 2.43. The molecular weight excluding hydrogens is 312 g/mol. The van der Waals surface area contributed by atoms with Crippen LogP contribution in [0, 0.1) is 0 Å². The molecule has 1 aromatic carbocycles. The lowest BCUT2D eigenvalue weighted by molar-refractivity contribution is 0.0449. The number of anilines is 1. The van der Waals surface area contributed by atoms with Crippen molar-refractivity contribution < 1.29 is 5.11 Å². The van der Waals surface area contributed by atoms with Gasteiger partial charge in [0.1, 0.15) is 4.99 Å². The first-order valence-corrected chi connectivity index (χ1v) is 7.16. The van der Waals surface area contributed by atoms with Gasteiger partial charge in [-0.3, -0.25) is 0 Å². The summed E-state index contributed by atoms with van der Waals surface area (Å²) in [5, 5.41) is 10.2. The number of aliphatic hydroxyl groups is 1. The zero-order valence-electron chi connectivity index (χ0n) is 10.3. The maximum atomic E-state index is 10.2. The Kier molecular flexibility index (Phi) is 3.94. The highest BCUT2D eigenvalue weighted by atomic mass is 79.9. The number of benzene rings is 1. The molecule has 3 N–H and O–H groups in total. The molecule has 0 amide bonds. The molecule has 2 rings (SSSR count).